The summed E-state index contributed by atoms with van der Waals surface area (Å²) in [6, 6.07) is 18.9. The van der Waals surface area contributed by atoms with Crippen LogP contribution < -0.4 is 4.90 Å². The molecule has 0 saturated carbocycles. The summed E-state index contributed by atoms with van der Waals surface area (Å²) in [5.74, 6) is 0.440. The van der Waals surface area contributed by atoms with Crippen molar-refractivity contribution < 1.29 is 5.11 Å². The molecule has 6 nitrogen and oxygen atoms in total. The Balaban J connectivity index is 1.95. The fourth-order valence-electron chi connectivity index (χ4n) is 2.46. The molecule has 0 bridgehead atoms. The number of hydrogen-bond donors (Lipinski definition) is 1. The molecule has 0 saturated heterocycles. The van der Waals surface area contributed by atoms with Gasteiger partial charge in [-0.05, 0) is 29.8 Å². The van der Waals surface area contributed by atoms with Gasteiger partial charge in [-0.3, -0.25) is 0 Å². The van der Waals surface area contributed by atoms with Crippen LogP contribution in [0, 0.1) is 11.3 Å². The van der Waals surface area contributed by atoms with Gasteiger partial charge in [0.2, 0.25) is 5.69 Å². The molecule has 3 rings (SSSR count). The van der Waals surface area contributed by atoms with Gasteiger partial charge in [0, 0.05) is 18.1 Å². The minimum absolute atomic E-state index is 0.0501. The van der Waals surface area contributed by atoms with Crippen molar-refractivity contribution in [2.75, 3.05) is 18.1 Å². The number of aliphatic hydroxyl groups is 1. The molecule has 2 aromatic carbocycles. The van der Waals surface area contributed by atoms with Gasteiger partial charge >= 0.3 is 0 Å². The van der Waals surface area contributed by atoms with Crippen molar-refractivity contribution >= 4 is 17.4 Å². The van der Waals surface area contributed by atoms with Gasteiger partial charge in [-0.15, -0.1) is 15.0 Å². The van der Waals surface area contributed by atoms with E-state index in [0.29, 0.717) is 29.6 Å². The van der Waals surface area contributed by atoms with Gasteiger partial charge in [0.05, 0.1) is 12.3 Å². The molecule has 0 atom stereocenters. The average molecular weight is 354 g/mol. The lowest BCUT2D eigenvalue weighted by atomic mass is 10.2. The summed E-state index contributed by atoms with van der Waals surface area (Å²) in [6.07, 6.45) is 0. The van der Waals surface area contributed by atoms with Gasteiger partial charge < -0.3 is 10.0 Å². The first kappa shape index (κ1) is 17.0. The van der Waals surface area contributed by atoms with Crippen LogP contribution in [-0.4, -0.2) is 33.3 Å². The van der Waals surface area contributed by atoms with E-state index in [1.807, 2.05) is 35.2 Å². The van der Waals surface area contributed by atoms with Gasteiger partial charge in [0.15, 0.2) is 5.82 Å². The molecule has 0 aliphatic heterocycles. The number of rotatable bonds is 6. The molecular formula is C18H16ClN5O. The quantitative estimate of drug-likeness (QED) is 0.737. The monoisotopic (exact) mass is 353 g/mol. The second-order valence-corrected chi connectivity index (χ2v) is 5.82. The smallest absolute Gasteiger partial charge is 0.207 e. The highest BCUT2D eigenvalue weighted by atomic mass is 35.5. The van der Waals surface area contributed by atoms with Crippen molar-refractivity contribution in [3.8, 4) is 11.8 Å². The predicted octanol–water partition coefficient (Wildman–Crippen LogP) is 2.79. The van der Waals surface area contributed by atoms with E-state index in [4.69, 9.17) is 11.6 Å². The maximum Gasteiger partial charge on any atom is 0.207 e. The molecule has 0 amide bonds. The van der Waals surface area contributed by atoms with Crippen molar-refractivity contribution in [3.05, 3.63) is 70.9 Å². The maximum atomic E-state index is 9.43. The topological polar surface area (TPSA) is 78.0 Å². The first-order valence-electron chi connectivity index (χ1n) is 7.74. The Morgan fingerprint density at radius 3 is 2.44 bits per heavy atom. The van der Waals surface area contributed by atoms with E-state index in [0.717, 1.165) is 5.56 Å². The van der Waals surface area contributed by atoms with Crippen molar-refractivity contribution in [1.29, 1.82) is 5.26 Å². The van der Waals surface area contributed by atoms with Crippen LogP contribution in [0.3, 0.4) is 0 Å². The zero-order valence-corrected chi connectivity index (χ0v) is 14.1. The molecule has 1 heterocycles. The Morgan fingerprint density at radius 1 is 1.08 bits per heavy atom. The van der Waals surface area contributed by atoms with Gasteiger partial charge in [0.1, 0.15) is 6.07 Å². The van der Waals surface area contributed by atoms with Gasteiger partial charge in [-0.25, -0.2) is 0 Å². The Labute approximate surface area is 150 Å². The van der Waals surface area contributed by atoms with Crippen molar-refractivity contribution in [2.45, 2.75) is 6.54 Å². The van der Waals surface area contributed by atoms with Crippen LogP contribution in [0.25, 0.3) is 5.69 Å². The van der Waals surface area contributed by atoms with E-state index < -0.39 is 0 Å². The SMILES string of the molecule is N#Cc1nn(-c2ccc(Cl)cc2)nc1N(CCO)Cc1ccccc1. The van der Waals surface area contributed by atoms with E-state index in [1.165, 1.54) is 4.80 Å². The third-order valence-electron chi connectivity index (χ3n) is 3.65. The fourth-order valence-corrected chi connectivity index (χ4v) is 2.58. The number of hydrogen-bond acceptors (Lipinski definition) is 5. The Kier molecular flexibility index (Phi) is 5.29. The summed E-state index contributed by atoms with van der Waals surface area (Å²) in [5, 5.41) is 28.1. The Morgan fingerprint density at radius 2 is 1.80 bits per heavy atom. The molecule has 1 N–H and O–H groups in total. The van der Waals surface area contributed by atoms with Gasteiger partial charge in [-0.2, -0.15) is 5.26 Å². The van der Waals surface area contributed by atoms with Gasteiger partial charge in [-0.1, -0.05) is 41.9 Å². The third kappa shape index (κ3) is 3.97. The zero-order valence-electron chi connectivity index (χ0n) is 13.4. The van der Waals surface area contributed by atoms with Crippen LogP contribution >= 0.6 is 11.6 Å². The van der Waals surface area contributed by atoms with E-state index in [9.17, 15) is 10.4 Å². The Bertz CT molecular complexity index is 871. The minimum Gasteiger partial charge on any atom is -0.395 e. The molecular weight excluding hydrogens is 338 g/mol. The first-order chi connectivity index (χ1) is 12.2. The molecule has 1 aromatic heterocycles. The molecule has 0 unspecified atom stereocenters. The number of anilines is 1. The molecule has 7 heteroatoms. The maximum absolute atomic E-state index is 9.43. The molecule has 0 aliphatic carbocycles. The van der Waals surface area contributed by atoms with Crippen LogP contribution in [0.1, 0.15) is 11.3 Å². The lowest BCUT2D eigenvalue weighted by molar-refractivity contribution is 0.301. The normalized spacial score (nSPS) is 10.4. The van der Waals surface area contributed by atoms with E-state index >= 15 is 0 Å². The predicted molar refractivity (Wildman–Crippen MR) is 95.7 cm³/mol. The van der Waals surface area contributed by atoms with E-state index in [-0.39, 0.29) is 12.3 Å². The number of halogens is 1. The number of aliphatic hydroxyl groups excluding tert-OH is 1. The number of aromatic nitrogens is 3. The molecule has 126 valence electrons. The second kappa shape index (κ2) is 7.79. The van der Waals surface area contributed by atoms with Crippen molar-refractivity contribution in [1.82, 2.24) is 15.0 Å². The Hall–Kier alpha value is -2.88. The summed E-state index contributed by atoms with van der Waals surface area (Å²) >= 11 is 5.91. The van der Waals surface area contributed by atoms with E-state index in [1.54, 1.807) is 24.3 Å². The molecule has 3 aromatic rings. The molecule has 0 radical (unpaired) electrons. The second-order valence-electron chi connectivity index (χ2n) is 5.38. The van der Waals surface area contributed by atoms with Crippen LogP contribution in [0.2, 0.25) is 5.02 Å². The van der Waals surface area contributed by atoms with Crippen LogP contribution in [-0.2, 0) is 6.54 Å². The largest absolute Gasteiger partial charge is 0.395 e. The molecule has 0 aliphatic rings. The first-order valence-corrected chi connectivity index (χ1v) is 8.12. The number of benzene rings is 2. The number of nitriles is 1. The molecule has 25 heavy (non-hydrogen) atoms. The molecule has 0 fully saturated rings. The fraction of sp³-hybridized carbons (Fsp3) is 0.167. The highest BCUT2D eigenvalue weighted by molar-refractivity contribution is 6.30. The minimum atomic E-state index is -0.0501. The van der Waals surface area contributed by atoms with Crippen molar-refractivity contribution in [2.24, 2.45) is 0 Å². The third-order valence-corrected chi connectivity index (χ3v) is 3.90. The van der Waals surface area contributed by atoms with Gasteiger partial charge in [0.25, 0.3) is 0 Å². The molecule has 0 spiro atoms. The summed E-state index contributed by atoms with van der Waals surface area (Å²) in [6.45, 7) is 0.823. The number of nitrogens with zero attached hydrogens (tertiary/aromatic N) is 5. The highest BCUT2D eigenvalue weighted by Crippen LogP contribution is 2.20. The lowest BCUT2D eigenvalue weighted by Gasteiger charge is -2.21. The average Bonchev–Trinajstić information content (AvgIpc) is 3.07. The standard InChI is InChI=1S/C18H16ClN5O/c19-15-6-8-16(9-7-15)24-21-17(12-20)18(22-24)23(10-11-25)13-14-4-2-1-3-5-14/h1-9,25H,10-11,13H2. The van der Waals surface area contributed by atoms with Crippen molar-refractivity contribution in [3.63, 3.8) is 0 Å². The highest BCUT2D eigenvalue weighted by Gasteiger charge is 2.18. The lowest BCUT2D eigenvalue weighted by Crippen LogP contribution is -2.27. The summed E-state index contributed by atoms with van der Waals surface area (Å²) in [4.78, 5) is 3.24. The zero-order chi connectivity index (χ0) is 17.6. The van der Waals surface area contributed by atoms with Crippen LogP contribution in [0.15, 0.2) is 54.6 Å². The summed E-state index contributed by atoms with van der Waals surface area (Å²) in [7, 11) is 0. The summed E-state index contributed by atoms with van der Waals surface area (Å²) < 4.78 is 0. The van der Waals surface area contributed by atoms with Crippen LogP contribution in [0.5, 0.6) is 0 Å². The van der Waals surface area contributed by atoms with Crippen LogP contribution in [0.4, 0.5) is 5.82 Å². The van der Waals surface area contributed by atoms with E-state index in [2.05, 4.69) is 16.3 Å². The summed E-state index contributed by atoms with van der Waals surface area (Å²) in [5.41, 5.74) is 1.97.